The Morgan fingerprint density at radius 2 is 2.36 bits per heavy atom. The van der Waals surface area contributed by atoms with Crippen molar-refractivity contribution in [1.82, 2.24) is 4.98 Å². The monoisotopic (exact) mass is 219 g/mol. The normalized spacial score (nSPS) is 9.64. The summed E-state index contributed by atoms with van der Waals surface area (Å²) < 4.78 is 12.5. The minimum absolute atomic E-state index is 0.0433. The molecule has 1 heterocycles. The van der Waals surface area contributed by atoms with E-state index in [9.17, 15) is 9.18 Å². The van der Waals surface area contributed by atoms with Gasteiger partial charge in [0.1, 0.15) is 0 Å². The molecule has 0 amide bonds. The Morgan fingerprint density at radius 3 is 2.82 bits per heavy atom. The fraction of sp³-hybridized carbons (Fsp3) is 0. The Hall–Kier alpha value is -0.970. The van der Waals surface area contributed by atoms with E-state index in [4.69, 9.17) is 5.11 Å². The summed E-state index contributed by atoms with van der Waals surface area (Å²) in [5.41, 5.74) is -0.0433. The van der Waals surface area contributed by atoms with Gasteiger partial charge in [-0.3, -0.25) is 0 Å². The van der Waals surface area contributed by atoms with Crippen LogP contribution in [0.3, 0.4) is 0 Å². The number of carbonyl (C=O) groups is 1. The topological polar surface area (TPSA) is 50.2 Å². The van der Waals surface area contributed by atoms with Crippen molar-refractivity contribution < 1.29 is 14.3 Å². The van der Waals surface area contributed by atoms with Gasteiger partial charge in [0.15, 0.2) is 0 Å². The highest BCUT2D eigenvalue weighted by Crippen LogP contribution is 2.13. The Balaban J connectivity index is 3.15. The lowest BCUT2D eigenvalue weighted by molar-refractivity contribution is 0.0696. The standard InChI is InChI=1S/C6H3BrFNO2/c7-4-1-3(6(10)11)2-9-5(4)8/h1-2H,(H,10,11). The Bertz CT molecular complexity index is 303. The average molecular weight is 220 g/mol. The van der Waals surface area contributed by atoms with Crippen molar-refractivity contribution in [3.8, 4) is 0 Å². The van der Waals surface area contributed by atoms with Gasteiger partial charge in [0, 0.05) is 6.20 Å². The van der Waals surface area contributed by atoms with Gasteiger partial charge in [0.05, 0.1) is 10.0 Å². The summed E-state index contributed by atoms with van der Waals surface area (Å²) in [6.45, 7) is 0. The molecule has 1 aromatic rings. The number of hydrogen-bond donors (Lipinski definition) is 1. The summed E-state index contributed by atoms with van der Waals surface area (Å²) in [5.74, 6) is -1.84. The molecule has 1 aromatic heterocycles. The largest absolute Gasteiger partial charge is 0.478 e. The van der Waals surface area contributed by atoms with E-state index in [0.29, 0.717) is 0 Å². The summed E-state index contributed by atoms with van der Waals surface area (Å²) in [7, 11) is 0. The molecule has 0 saturated carbocycles. The highest BCUT2D eigenvalue weighted by Gasteiger charge is 2.06. The summed E-state index contributed by atoms with van der Waals surface area (Å²) >= 11 is 2.81. The van der Waals surface area contributed by atoms with E-state index < -0.39 is 11.9 Å². The number of pyridine rings is 1. The van der Waals surface area contributed by atoms with Crippen molar-refractivity contribution in [2.24, 2.45) is 0 Å². The molecular formula is C6H3BrFNO2. The minimum atomic E-state index is -1.13. The molecule has 0 aliphatic heterocycles. The molecule has 0 unspecified atom stereocenters. The highest BCUT2D eigenvalue weighted by molar-refractivity contribution is 9.10. The van der Waals surface area contributed by atoms with Gasteiger partial charge in [-0.2, -0.15) is 4.39 Å². The molecule has 1 N–H and O–H groups in total. The van der Waals surface area contributed by atoms with Crippen LogP contribution in [0.4, 0.5) is 4.39 Å². The predicted molar refractivity (Wildman–Crippen MR) is 38.9 cm³/mol. The van der Waals surface area contributed by atoms with E-state index >= 15 is 0 Å². The molecule has 0 bridgehead atoms. The van der Waals surface area contributed by atoms with E-state index in [1.54, 1.807) is 0 Å². The Morgan fingerprint density at radius 1 is 1.73 bits per heavy atom. The first kappa shape index (κ1) is 8.13. The number of hydrogen-bond acceptors (Lipinski definition) is 2. The average Bonchev–Trinajstić information content (AvgIpc) is 1.94. The van der Waals surface area contributed by atoms with Crippen LogP contribution < -0.4 is 0 Å². The summed E-state index contributed by atoms with van der Waals surface area (Å²) in [6.07, 6.45) is 0.961. The predicted octanol–water partition coefficient (Wildman–Crippen LogP) is 1.68. The lowest BCUT2D eigenvalue weighted by Crippen LogP contribution is -1.98. The quantitative estimate of drug-likeness (QED) is 0.732. The number of nitrogens with zero attached hydrogens (tertiary/aromatic N) is 1. The van der Waals surface area contributed by atoms with Crippen LogP contribution in [0.2, 0.25) is 0 Å². The lowest BCUT2D eigenvalue weighted by atomic mass is 10.3. The van der Waals surface area contributed by atoms with Crippen LogP contribution in [0, 0.1) is 5.95 Å². The van der Waals surface area contributed by atoms with Crippen LogP contribution in [-0.2, 0) is 0 Å². The van der Waals surface area contributed by atoms with E-state index in [2.05, 4.69) is 20.9 Å². The number of carboxylic acids is 1. The first-order chi connectivity index (χ1) is 5.11. The molecule has 0 aliphatic carbocycles. The molecule has 58 valence electrons. The summed E-state index contributed by atoms with van der Waals surface area (Å²) in [5, 5.41) is 8.42. The van der Waals surface area contributed by atoms with Gasteiger partial charge in [-0.05, 0) is 22.0 Å². The van der Waals surface area contributed by atoms with Crippen molar-refractivity contribution in [2.75, 3.05) is 0 Å². The SMILES string of the molecule is O=C(O)c1cnc(F)c(Br)c1. The number of aromatic nitrogens is 1. The zero-order valence-corrected chi connectivity index (χ0v) is 6.80. The fourth-order valence-electron chi connectivity index (χ4n) is 0.538. The summed E-state index contributed by atoms with van der Waals surface area (Å²) in [6, 6.07) is 1.16. The van der Waals surface area contributed by atoms with Crippen molar-refractivity contribution in [3.05, 3.63) is 28.2 Å². The fourth-order valence-corrected chi connectivity index (χ4v) is 0.887. The molecule has 0 radical (unpaired) electrons. The second-order valence-corrected chi connectivity index (χ2v) is 2.66. The number of rotatable bonds is 1. The van der Waals surface area contributed by atoms with Crippen LogP contribution in [0.1, 0.15) is 10.4 Å². The van der Waals surface area contributed by atoms with Crippen LogP contribution in [-0.4, -0.2) is 16.1 Å². The van der Waals surface area contributed by atoms with Gasteiger partial charge in [-0.25, -0.2) is 9.78 Å². The third kappa shape index (κ3) is 1.74. The maximum Gasteiger partial charge on any atom is 0.337 e. The van der Waals surface area contributed by atoms with Crippen LogP contribution in [0.5, 0.6) is 0 Å². The molecule has 11 heavy (non-hydrogen) atoms. The van der Waals surface area contributed by atoms with Crippen LogP contribution in [0.25, 0.3) is 0 Å². The van der Waals surface area contributed by atoms with Crippen molar-refractivity contribution in [3.63, 3.8) is 0 Å². The van der Waals surface area contributed by atoms with Crippen LogP contribution in [0.15, 0.2) is 16.7 Å². The zero-order chi connectivity index (χ0) is 8.43. The van der Waals surface area contributed by atoms with Crippen LogP contribution >= 0.6 is 15.9 Å². The maximum absolute atomic E-state index is 12.4. The van der Waals surface area contributed by atoms with Gasteiger partial charge in [-0.1, -0.05) is 0 Å². The molecule has 0 aliphatic rings. The van der Waals surface area contributed by atoms with Gasteiger partial charge >= 0.3 is 5.97 Å². The molecule has 3 nitrogen and oxygen atoms in total. The molecule has 0 atom stereocenters. The number of carboxylic acid groups (broad SMARTS) is 1. The smallest absolute Gasteiger partial charge is 0.337 e. The maximum atomic E-state index is 12.4. The van der Waals surface area contributed by atoms with E-state index in [1.165, 1.54) is 0 Å². The van der Waals surface area contributed by atoms with E-state index in [-0.39, 0.29) is 10.0 Å². The van der Waals surface area contributed by atoms with E-state index in [1.807, 2.05) is 0 Å². The molecule has 0 aromatic carbocycles. The van der Waals surface area contributed by atoms with Gasteiger partial charge in [0.25, 0.3) is 0 Å². The second-order valence-electron chi connectivity index (χ2n) is 1.80. The van der Waals surface area contributed by atoms with Crippen molar-refractivity contribution >= 4 is 21.9 Å². The Labute approximate surface area is 70.0 Å². The number of aromatic carboxylic acids is 1. The third-order valence-electron chi connectivity index (χ3n) is 1.04. The van der Waals surface area contributed by atoms with Gasteiger partial charge in [-0.15, -0.1) is 0 Å². The molecule has 1 rings (SSSR count). The van der Waals surface area contributed by atoms with Crippen molar-refractivity contribution in [2.45, 2.75) is 0 Å². The Kier molecular flexibility index (Phi) is 2.19. The summed E-state index contributed by atoms with van der Waals surface area (Å²) in [4.78, 5) is 13.5. The third-order valence-corrected chi connectivity index (χ3v) is 1.60. The lowest BCUT2D eigenvalue weighted by Gasteiger charge is -1.94. The van der Waals surface area contributed by atoms with Crippen molar-refractivity contribution in [1.29, 1.82) is 0 Å². The van der Waals surface area contributed by atoms with Gasteiger partial charge < -0.3 is 5.11 Å². The molecule has 0 spiro atoms. The minimum Gasteiger partial charge on any atom is -0.478 e. The highest BCUT2D eigenvalue weighted by atomic mass is 79.9. The second kappa shape index (κ2) is 2.96. The zero-order valence-electron chi connectivity index (χ0n) is 5.21. The first-order valence-corrected chi connectivity index (χ1v) is 3.45. The van der Waals surface area contributed by atoms with E-state index in [0.717, 1.165) is 12.3 Å². The number of halogens is 2. The van der Waals surface area contributed by atoms with Gasteiger partial charge in [0.2, 0.25) is 5.95 Å². The molecule has 0 saturated heterocycles. The first-order valence-electron chi connectivity index (χ1n) is 2.65. The molecule has 0 fully saturated rings. The molecule has 5 heteroatoms. The molecular weight excluding hydrogens is 217 g/mol.